The van der Waals surface area contributed by atoms with Gasteiger partial charge in [-0.2, -0.15) is 0 Å². The molecule has 1 N–H and O–H groups in total. The first-order valence-corrected chi connectivity index (χ1v) is 12.8. The molecule has 0 aliphatic heterocycles. The zero-order valence-corrected chi connectivity index (χ0v) is 21.5. The SMILES string of the molecule is COC(=O)c1cc(-c2cccs2)cnc1Nc1nc(-c2ccc(OC(C)F)cc2)c(CC(C)C)s1. The lowest BCUT2D eigenvalue weighted by atomic mass is 10.0. The van der Waals surface area contributed by atoms with E-state index in [1.54, 1.807) is 35.7 Å². The summed E-state index contributed by atoms with van der Waals surface area (Å²) < 4.78 is 23.3. The van der Waals surface area contributed by atoms with Gasteiger partial charge in [0.2, 0.25) is 6.36 Å². The van der Waals surface area contributed by atoms with Crippen molar-refractivity contribution in [1.29, 1.82) is 0 Å². The number of halogens is 1. The molecule has 6 nitrogen and oxygen atoms in total. The number of aromatic nitrogens is 2. The molecule has 3 aromatic heterocycles. The predicted molar refractivity (Wildman–Crippen MR) is 139 cm³/mol. The molecular weight excluding hydrogens is 485 g/mol. The Labute approximate surface area is 211 Å². The molecule has 1 aromatic carbocycles. The minimum absolute atomic E-state index is 0.336. The van der Waals surface area contributed by atoms with Crippen molar-refractivity contribution in [3.05, 3.63) is 64.5 Å². The van der Waals surface area contributed by atoms with Gasteiger partial charge in [0.25, 0.3) is 0 Å². The summed E-state index contributed by atoms with van der Waals surface area (Å²) in [5, 5.41) is 5.82. The van der Waals surface area contributed by atoms with Crippen molar-refractivity contribution in [2.45, 2.75) is 33.5 Å². The number of esters is 1. The Morgan fingerprint density at radius 1 is 1.14 bits per heavy atom. The van der Waals surface area contributed by atoms with Crippen molar-refractivity contribution in [1.82, 2.24) is 9.97 Å². The summed E-state index contributed by atoms with van der Waals surface area (Å²) in [4.78, 5) is 24.0. The molecule has 4 rings (SSSR count). The van der Waals surface area contributed by atoms with E-state index in [0.29, 0.717) is 28.2 Å². The number of carbonyl (C=O) groups is 1. The van der Waals surface area contributed by atoms with Crippen LogP contribution in [0, 0.1) is 5.92 Å². The van der Waals surface area contributed by atoms with Crippen LogP contribution in [-0.4, -0.2) is 29.4 Å². The zero-order chi connectivity index (χ0) is 24.9. The molecule has 0 aliphatic rings. The van der Waals surface area contributed by atoms with Crippen LogP contribution in [0.4, 0.5) is 15.3 Å². The van der Waals surface area contributed by atoms with Gasteiger partial charge in [0, 0.05) is 34.0 Å². The Morgan fingerprint density at radius 2 is 1.91 bits per heavy atom. The van der Waals surface area contributed by atoms with Crippen molar-refractivity contribution in [2.24, 2.45) is 5.92 Å². The highest BCUT2D eigenvalue weighted by molar-refractivity contribution is 7.16. The van der Waals surface area contributed by atoms with E-state index >= 15 is 0 Å². The number of rotatable bonds is 9. The summed E-state index contributed by atoms with van der Waals surface area (Å²) in [7, 11) is 1.35. The van der Waals surface area contributed by atoms with Gasteiger partial charge in [0.15, 0.2) is 5.13 Å². The van der Waals surface area contributed by atoms with Crippen LogP contribution < -0.4 is 10.1 Å². The number of hydrogen-bond acceptors (Lipinski definition) is 8. The molecule has 0 spiro atoms. The average Bonchev–Trinajstić information content (AvgIpc) is 3.49. The molecule has 3 heterocycles. The monoisotopic (exact) mass is 511 g/mol. The second-order valence-corrected chi connectivity index (χ2v) is 10.3. The first-order valence-electron chi connectivity index (χ1n) is 11.1. The molecule has 0 saturated carbocycles. The van der Waals surface area contributed by atoms with Gasteiger partial charge in [0.1, 0.15) is 17.1 Å². The smallest absolute Gasteiger partial charge is 0.341 e. The van der Waals surface area contributed by atoms with Crippen LogP contribution >= 0.6 is 22.7 Å². The quantitative estimate of drug-likeness (QED) is 0.237. The van der Waals surface area contributed by atoms with Crippen molar-refractivity contribution >= 4 is 39.6 Å². The Morgan fingerprint density at radius 3 is 2.54 bits per heavy atom. The van der Waals surface area contributed by atoms with Gasteiger partial charge in [-0.05, 0) is 54.1 Å². The molecule has 0 radical (unpaired) electrons. The minimum atomic E-state index is -1.38. The molecular formula is C26H26FN3O3S2. The van der Waals surface area contributed by atoms with Gasteiger partial charge in [-0.15, -0.1) is 22.7 Å². The van der Waals surface area contributed by atoms with E-state index in [-0.39, 0.29) is 0 Å². The molecule has 1 atom stereocenters. The fraction of sp³-hybridized carbons (Fsp3) is 0.269. The number of thiazole rings is 1. The number of benzene rings is 1. The Kier molecular flexibility index (Phi) is 7.77. The number of thiophene rings is 1. The molecule has 0 saturated heterocycles. The summed E-state index contributed by atoms with van der Waals surface area (Å²) in [6.45, 7) is 5.64. The number of methoxy groups -OCH3 is 1. The Bertz CT molecular complexity index is 1290. The molecule has 1 unspecified atom stereocenters. The number of alkyl halides is 1. The number of hydrogen-bond donors (Lipinski definition) is 1. The van der Waals surface area contributed by atoms with Crippen LogP contribution in [0.25, 0.3) is 21.7 Å². The molecule has 9 heteroatoms. The highest BCUT2D eigenvalue weighted by Crippen LogP contribution is 2.36. The fourth-order valence-electron chi connectivity index (χ4n) is 3.53. The number of carbonyl (C=O) groups excluding carboxylic acids is 1. The van der Waals surface area contributed by atoms with Crippen LogP contribution in [0.2, 0.25) is 0 Å². The van der Waals surface area contributed by atoms with E-state index in [1.165, 1.54) is 25.4 Å². The first kappa shape index (κ1) is 24.8. The number of nitrogens with one attached hydrogen (secondary N) is 1. The van der Waals surface area contributed by atoms with Crippen molar-refractivity contribution in [2.75, 3.05) is 12.4 Å². The topological polar surface area (TPSA) is 73.3 Å². The third-order valence-electron chi connectivity index (χ3n) is 5.04. The summed E-state index contributed by atoms with van der Waals surface area (Å²) in [5.74, 6) is 0.788. The number of anilines is 2. The van der Waals surface area contributed by atoms with E-state index in [4.69, 9.17) is 14.5 Å². The van der Waals surface area contributed by atoms with E-state index in [2.05, 4.69) is 24.1 Å². The summed E-state index contributed by atoms with van der Waals surface area (Å²) in [6.07, 6.45) is 1.19. The van der Waals surface area contributed by atoms with Crippen LogP contribution in [-0.2, 0) is 11.2 Å². The molecule has 0 aliphatic carbocycles. The second-order valence-electron chi connectivity index (χ2n) is 8.29. The maximum Gasteiger partial charge on any atom is 0.341 e. The lowest BCUT2D eigenvalue weighted by Gasteiger charge is -2.09. The Hall–Kier alpha value is -3.30. The van der Waals surface area contributed by atoms with E-state index < -0.39 is 12.3 Å². The molecule has 0 bridgehead atoms. The normalized spacial score (nSPS) is 11.9. The van der Waals surface area contributed by atoms with E-state index in [9.17, 15) is 9.18 Å². The third-order valence-corrected chi connectivity index (χ3v) is 6.95. The van der Waals surface area contributed by atoms with Crippen LogP contribution in [0.1, 0.15) is 36.0 Å². The summed E-state index contributed by atoms with van der Waals surface area (Å²) in [5.41, 5.74) is 2.91. The zero-order valence-electron chi connectivity index (χ0n) is 19.9. The maximum absolute atomic E-state index is 13.2. The lowest BCUT2D eigenvalue weighted by molar-refractivity contribution is 0.0601. The first-order chi connectivity index (χ1) is 16.8. The van der Waals surface area contributed by atoms with Gasteiger partial charge in [-0.1, -0.05) is 19.9 Å². The molecule has 4 aromatic rings. The fourth-order valence-corrected chi connectivity index (χ4v) is 5.43. The number of nitrogens with zero attached hydrogens (tertiary/aromatic N) is 2. The average molecular weight is 512 g/mol. The van der Waals surface area contributed by atoms with Gasteiger partial charge in [0.05, 0.1) is 12.8 Å². The molecule has 182 valence electrons. The molecule has 0 amide bonds. The second kappa shape index (κ2) is 11.0. The van der Waals surface area contributed by atoms with Gasteiger partial charge in [-0.25, -0.2) is 19.2 Å². The van der Waals surface area contributed by atoms with Gasteiger partial charge < -0.3 is 14.8 Å². The summed E-state index contributed by atoms with van der Waals surface area (Å²) in [6, 6.07) is 12.9. The van der Waals surface area contributed by atoms with Crippen LogP contribution in [0.3, 0.4) is 0 Å². The Balaban J connectivity index is 1.68. The van der Waals surface area contributed by atoms with Crippen molar-refractivity contribution in [3.63, 3.8) is 0 Å². The third kappa shape index (κ3) is 6.04. The summed E-state index contributed by atoms with van der Waals surface area (Å²) >= 11 is 3.09. The van der Waals surface area contributed by atoms with Gasteiger partial charge >= 0.3 is 5.97 Å². The minimum Gasteiger partial charge on any atom is -0.465 e. The standard InChI is InChI=1S/C26H26FN3O3S2/c1-15(2)12-22-23(17-7-9-19(10-8-17)33-16(3)27)29-26(35-22)30-24-20(25(31)32-4)13-18(14-28-24)21-6-5-11-34-21/h5-11,13-16H,12H2,1-4H3,(H,28,29,30). The highest BCUT2D eigenvalue weighted by Gasteiger charge is 2.19. The maximum atomic E-state index is 13.2. The predicted octanol–water partition coefficient (Wildman–Crippen LogP) is 7.36. The van der Waals surface area contributed by atoms with E-state index in [0.717, 1.165) is 33.0 Å². The van der Waals surface area contributed by atoms with Gasteiger partial charge in [-0.3, -0.25) is 0 Å². The largest absolute Gasteiger partial charge is 0.465 e. The van der Waals surface area contributed by atoms with Crippen molar-refractivity contribution in [3.8, 4) is 27.4 Å². The number of ether oxygens (including phenoxy) is 2. The lowest BCUT2D eigenvalue weighted by Crippen LogP contribution is -2.07. The van der Waals surface area contributed by atoms with E-state index in [1.807, 2.05) is 29.6 Å². The van der Waals surface area contributed by atoms with Crippen LogP contribution in [0.5, 0.6) is 5.75 Å². The molecule has 0 fully saturated rings. The van der Waals surface area contributed by atoms with Crippen molar-refractivity contribution < 1.29 is 18.7 Å². The molecule has 35 heavy (non-hydrogen) atoms. The highest BCUT2D eigenvalue weighted by atomic mass is 32.1. The van der Waals surface area contributed by atoms with Crippen LogP contribution in [0.15, 0.2) is 54.0 Å². The number of pyridine rings is 1.